The molecule has 1 saturated heterocycles. The maximum atomic E-state index is 12.3. The number of amides is 3. The number of likely N-dealkylation sites (tertiary alicyclic amines) is 1. The van der Waals surface area contributed by atoms with E-state index in [1.807, 2.05) is 18.2 Å². The van der Waals surface area contributed by atoms with Crippen LogP contribution in [0.2, 0.25) is 0 Å². The summed E-state index contributed by atoms with van der Waals surface area (Å²) in [5.41, 5.74) is 5.90. The average molecular weight is 412 g/mol. The normalized spacial score (nSPS) is 15.6. The summed E-state index contributed by atoms with van der Waals surface area (Å²) in [6.45, 7) is 0.788. The Hall–Kier alpha value is -3.62. The minimum atomic E-state index is -0.521. The van der Waals surface area contributed by atoms with Crippen molar-refractivity contribution in [2.75, 3.05) is 27.3 Å². The molecule has 0 aliphatic carbocycles. The number of pyridine rings is 1. The lowest BCUT2D eigenvalue weighted by molar-refractivity contribution is -0.129. The number of rotatable bonds is 7. The number of benzene rings is 1. The Balaban J connectivity index is 1.49. The van der Waals surface area contributed by atoms with Gasteiger partial charge in [-0.1, -0.05) is 12.1 Å². The Morgan fingerprint density at radius 3 is 2.63 bits per heavy atom. The van der Waals surface area contributed by atoms with Gasteiger partial charge in [0.1, 0.15) is 5.69 Å². The fraction of sp³-hybridized carbons (Fsp3) is 0.333. The van der Waals surface area contributed by atoms with E-state index in [1.165, 1.54) is 12.3 Å². The van der Waals surface area contributed by atoms with Crippen molar-refractivity contribution in [3.05, 3.63) is 53.9 Å². The molecular weight excluding hydrogens is 388 g/mol. The average Bonchev–Trinajstić information content (AvgIpc) is 3.16. The molecule has 0 radical (unpaired) electrons. The third-order valence-corrected chi connectivity index (χ3v) is 4.90. The van der Waals surface area contributed by atoms with Gasteiger partial charge in [0.15, 0.2) is 11.5 Å². The highest BCUT2D eigenvalue weighted by molar-refractivity contribution is 5.95. The van der Waals surface area contributed by atoms with Gasteiger partial charge in [-0.2, -0.15) is 0 Å². The van der Waals surface area contributed by atoms with Gasteiger partial charge in [0, 0.05) is 25.7 Å². The molecule has 30 heavy (non-hydrogen) atoms. The van der Waals surface area contributed by atoms with Crippen LogP contribution in [0.1, 0.15) is 22.5 Å². The molecule has 1 aliphatic rings. The Morgan fingerprint density at radius 2 is 1.93 bits per heavy atom. The summed E-state index contributed by atoms with van der Waals surface area (Å²) in [5, 5.41) is 0. The summed E-state index contributed by atoms with van der Waals surface area (Å²) in [7, 11) is 3.14. The minimum absolute atomic E-state index is 0.0910. The van der Waals surface area contributed by atoms with Crippen molar-refractivity contribution in [1.29, 1.82) is 0 Å². The van der Waals surface area contributed by atoms with Crippen LogP contribution < -0.4 is 20.3 Å². The zero-order chi connectivity index (χ0) is 21.5. The van der Waals surface area contributed by atoms with Gasteiger partial charge in [-0.25, -0.2) is 0 Å². The summed E-state index contributed by atoms with van der Waals surface area (Å²) < 4.78 is 10.5. The maximum absolute atomic E-state index is 12.3. The molecule has 9 heteroatoms. The van der Waals surface area contributed by atoms with E-state index in [4.69, 9.17) is 9.47 Å². The molecule has 1 fully saturated rings. The van der Waals surface area contributed by atoms with Crippen molar-refractivity contribution in [3.63, 3.8) is 0 Å². The van der Waals surface area contributed by atoms with Gasteiger partial charge in [-0.3, -0.25) is 30.2 Å². The smallest absolute Gasteiger partial charge is 0.288 e. The number of hydrazine groups is 1. The SMILES string of the molecule is COc1ccc(CCN2C[C@H](C(=O)NNC(=O)c3ccccn3)CC2=O)cc1OC. The van der Waals surface area contributed by atoms with Gasteiger partial charge in [0.05, 0.1) is 20.1 Å². The molecule has 0 spiro atoms. The van der Waals surface area contributed by atoms with E-state index in [2.05, 4.69) is 15.8 Å². The highest BCUT2D eigenvalue weighted by Crippen LogP contribution is 2.28. The summed E-state index contributed by atoms with van der Waals surface area (Å²) in [5.74, 6) is -0.259. The summed E-state index contributed by atoms with van der Waals surface area (Å²) >= 11 is 0. The van der Waals surface area contributed by atoms with Crippen LogP contribution in [0.5, 0.6) is 11.5 Å². The highest BCUT2D eigenvalue weighted by Gasteiger charge is 2.34. The second-order valence-electron chi connectivity index (χ2n) is 6.84. The Kier molecular flexibility index (Phi) is 6.84. The number of carbonyl (C=O) groups is 3. The number of carbonyl (C=O) groups excluding carboxylic acids is 3. The predicted molar refractivity (Wildman–Crippen MR) is 108 cm³/mol. The van der Waals surface area contributed by atoms with Gasteiger partial charge in [0.2, 0.25) is 11.8 Å². The van der Waals surface area contributed by atoms with E-state index < -0.39 is 17.7 Å². The first-order valence-corrected chi connectivity index (χ1v) is 9.51. The van der Waals surface area contributed by atoms with Gasteiger partial charge in [0.25, 0.3) is 5.91 Å². The van der Waals surface area contributed by atoms with E-state index >= 15 is 0 Å². The van der Waals surface area contributed by atoms with Gasteiger partial charge in [-0.15, -0.1) is 0 Å². The molecule has 1 aromatic heterocycles. The van der Waals surface area contributed by atoms with Crippen LogP contribution >= 0.6 is 0 Å². The lowest BCUT2D eigenvalue weighted by atomic mass is 10.1. The second-order valence-corrected chi connectivity index (χ2v) is 6.84. The number of nitrogens with one attached hydrogen (secondary N) is 2. The summed E-state index contributed by atoms with van der Waals surface area (Å²) in [6.07, 6.45) is 2.22. The molecule has 1 aromatic carbocycles. The molecule has 2 N–H and O–H groups in total. The summed E-state index contributed by atoms with van der Waals surface area (Å²) in [6, 6.07) is 10.5. The molecule has 0 unspecified atom stereocenters. The van der Waals surface area contributed by atoms with Gasteiger partial charge in [-0.05, 0) is 36.2 Å². The third kappa shape index (κ3) is 5.05. The molecule has 1 aliphatic heterocycles. The van der Waals surface area contributed by atoms with Crippen LogP contribution in [0.3, 0.4) is 0 Å². The lowest BCUT2D eigenvalue weighted by Crippen LogP contribution is -2.45. The monoisotopic (exact) mass is 412 g/mol. The first-order valence-electron chi connectivity index (χ1n) is 9.51. The van der Waals surface area contributed by atoms with Crippen molar-refractivity contribution in [2.24, 2.45) is 5.92 Å². The molecular formula is C21H24N4O5. The Bertz CT molecular complexity index is 919. The largest absolute Gasteiger partial charge is 0.493 e. The number of nitrogens with zero attached hydrogens (tertiary/aromatic N) is 2. The number of hydrogen-bond acceptors (Lipinski definition) is 6. The number of hydrogen-bond donors (Lipinski definition) is 2. The van der Waals surface area contributed by atoms with Crippen molar-refractivity contribution < 1.29 is 23.9 Å². The first-order chi connectivity index (χ1) is 14.5. The molecule has 158 valence electrons. The fourth-order valence-electron chi connectivity index (χ4n) is 3.25. The van der Waals surface area contributed by atoms with Crippen molar-refractivity contribution >= 4 is 17.7 Å². The van der Waals surface area contributed by atoms with E-state index in [0.29, 0.717) is 31.0 Å². The molecule has 2 aromatic rings. The zero-order valence-corrected chi connectivity index (χ0v) is 16.9. The van der Waals surface area contributed by atoms with Crippen molar-refractivity contribution in [3.8, 4) is 11.5 Å². The number of methoxy groups -OCH3 is 2. The van der Waals surface area contributed by atoms with E-state index in [0.717, 1.165) is 5.56 Å². The topological polar surface area (TPSA) is 110 Å². The Labute approximate surface area is 174 Å². The summed E-state index contributed by atoms with van der Waals surface area (Å²) in [4.78, 5) is 42.2. The molecule has 3 rings (SSSR count). The molecule has 9 nitrogen and oxygen atoms in total. The second kappa shape index (κ2) is 9.73. The van der Waals surface area contributed by atoms with E-state index in [1.54, 1.807) is 31.3 Å². The zero-order valence-electron chi connectivity index (χ0n) is 16.9. The maximum Gasteiger partial charge on any atom is 0.288 e. The van der Waals surface area contributed by atoms with Crippen LogP contribution in [0.25, 0.3) is 0 Å². The fourth-order valence-corrected chi connectivity index (χ4v) is 3.25. The van der Waals surface area contributed by atoms with Crippen LogP contribution in [0.15, 0.2) is 42.6 Å². The molecule has 0 bridgehead atoms. The predicted octanol–water partition coefficient (Wildman–Crippen LogP) is 0.951. The van der Waals surface area contributed by atoms with Crippen molar-refractivity contribution in [1.82, 2.24) is 20.7 Å². The van der Waals surface area contributed by atoms with Crippen LogP contribution in [0, 0.1) is 5.92 Å². The van der Waals surface area contributed by atoms with E-state index in [9.17, 15) is 14.4 Å². The van der Waals surface area contributed by atoms with Crippen molar-refractivity contribution in [2.45, 2.75) is 12.8 Å². The van der Waals surface area contributed by atoms with E-state index in [-0.39, 0.29) is 18.0 Å². The molecule has 3 amide bonds. The molecule has 1 atom stereocenters. The third-order valence-electron chi connectivity index (χ3n) is 4.90. The molecule has 2 heterocycles. The lowest BCUT2D eigenvalue weighted by Gasteiger charge is -2.17. The van der Waals surface area contributed by atoms with Crippen LogP contribution in [-0.2, 0) is 16.0 Å². The minimum Gasteiger partial charge on any atom is -0.493 e. The number of aromatic nitrogens is 1. The molecule has 0 saturated carbocycles. The van der Waals surface area contributed by atoms with Crippen LogP contribution in [0.4, 0.5) is 0 Å². The number of ether oxygens (including phenoxy) is 2. The Morgan fingerprint density at radius 1 is 1.13 bits per heavy atom. The van der Waals surface area contributed by atoms with Crippen LogP contribution in [-0.4, -0.2) is 54.9 Å². The van der Waals surface area contributed by atoms with Gasteiger partial charge < -0.3 is 14.4 Å². The van der Waals surface area contributed by atoms with Gasteiger partial charge >= 0.3 is 0 Å². The highest BCUT2D eigenvalue weighted by atomic mass is 16.5. The standard InChI is InChI=1S/C21H24N4O5/c1-29-17-7-6-14(11-18(17)30-2)8-10-25-13-15(12-19(25)26)20(27)23-24-21(28)16-5-3-4-9-22-16/h3-7,9,11,15H,8,10,12-13H2,1-2H3,(H,23,27)(H,24,28)/t15-/m1/s1. The first kappa shape index (κ1) is 21.1. The quantitative estimate of drug-likeness (QED) is 0.656.